The van der Waals surface area contributed by atoms with Gasteiger partial charge in [-0.15, -0.1) is 22.0 Å². The summed E-state index contributed by atoms with van der Waals surface area (Å²) < 4.78 is 0. The largest absolute Gasteiger partial charge is 0.480 e. The number of carbonyl (C=O) groups excluding carboxylic acids is 1. The lowest BCUT2D eigenvalue weighted by Gasteiger charge is -2.20. The van der Waals surface area contributed by atoms with Crippen molar-refractivity contribution >= 4 is 23.6 Å². The summed E-state index contributed by atoms with van der Waals surface area (Å²) in [4.78, 5) is 25.0. The number of thioether (sulfide) groups is 1. The van der Waals surface area contributed by atoms with Crippen molar-refractivity contribution in [1.29, 1.82) is 0 Å². The van der Waals surface area contributed by atoms with Crippen LogP contribution in [0.2, 0.25) is 0 Å². The van der Waals surface area contributed by atoms with Crippen LogP contribution >= 0.6 is 11.8 Å². The van der Waals surface area contributed by atoms with Gasteiger partial charge in [0, 0.05) is 16.9 Å². The number of tetrazole rings is 1. The number of carbonyl (C=O) groups is 2. The monoisotopic (exact) mass is 305 g/mol. The van der Waals surface area contributed by atoms with E-state index >= 15 is 0 Å². The van der Waals surface area contributed by atoms with Gasteiger partial charge in [0.15, 0.2) is 0 Å². The molecule has 1 aromatic heterocycles. The van der Waals surface area contributed by atoms with E-state index in [0.29, 0.717) is 28.6 Å². The fourth-order valence-electron chi connectivity index (χ4n) is 2.09. The summed E-state index contributed by atoms with van der Waals surface area (Å²) in [6.45, 7) is 0. The van der Waals surface area contributed by atoms with Crippen molar-refractivity contribution in [2.24, 2.45) is 0 Å². The van der Waals surface area contributed by atoms with Crippen molar-refractivity contribution in [2.45, 2.75) is 6.04 Å². The molecule has 108 valence electrons. The molecule has 2 heterocycles. The number of amides is 1. The van der Waals surface area contributed by atoms with Gasteiger partial charge in [0.05, 0.1) is 5.88 Å². The number of rotatable bonds is 3. The number of carboxylic acid groups (broad SMARTS) is 1. The highest BCUT2D eigenvalue weighted by molar-refractivity contribution is 7.99. The molecule has 21 heavy (non-hydrogen) atoms. The molecule has 0 saturated carbocycles. The highest BCUT2D eigenvalue weighted by atomic mass is 32.2. The topological polar surface area (TPSA) is 112 Å². The van der Waals surface area contributed by atoms with Crippen molar-refractivity contribution in [3.8, 4) is 11.4 Å². The molecule has 1 amide bonds. The summed E-state index contributed by atoms with van der Waals surface area (Å²) in [5.41, 5.74) is 1.05. The van der Waals surface area contributed by atoms with Gasteiger partial charge >= 0.3 is 5.97 Å². The van der Waals surface area contributed by atoms with E-state index in [9.17, 15) is 9.59 Å². The second-order valence-electron chi connectivity index (χ2n) is 4.45. The Morgan fingerprint density at radius 1 is 1.43 bits per heavy atom. The number of hydrogen-bond acceptors (Lipinski definition) is 6. The van der Waals surface area contributed by atoms with E-state index in [1.165, 1.54) is 16.7 Å². The van der Waals surface area contributed by atoms with E-state index < -0.39 is 12.0 Å². The number of aliphatic carboxylic acids is 1. The number of benzene rings is 1. The second-order valence-corrected chi connectivity index (χ2v) is 5.44. The van der Waals surface area contributed by atoms with Crippen molar-refractivity contribution in [2.75, 3.05) is 11.6 Å². The molecule has 1 aromatic carbocycles. The molecule has 1 aliphatic heterocycles. The standard InChI is InChI=1S/C12H11N5O3S/c18-11(17-6-21-5-9(17)12(19)20)8-3-1-2-7(4-8)10-13-15-16-14-10/h1-4,9H,5-6H2,(H,19,20)(H,13,14,15,16). The van der Waals surface area contributed by atoms with Crippen LogP contribution in [0.5, 0.6) is 0 Å². The average Bonchev–Trinajstić information content (AvgIpc) is 3.17. The van der Waals surface area contributed by atoms with Crippen LogP contribution in [0.1, 0.15) is 10.4 Å². The molecule has 2 N–H and O–H groups in total. The third-order valence-electron chi connectivity index (χ3n) is 3.14. The quantitative estimate of drug-likeness (QED) is 0.847. The summed E-state index contributed by atoms with van der Waals surface area (Å²) in [6, 6.07) is 5.96. The Balaban J connectivity index is 1.88. The highest BCUT2D eigenvalue weighted by Crippen LogP contribution is 2.24. The summed E-state index contributed by atoms with van der Waals surface area (Å²) >= 11 is 1.43. The third-order valence-corrected chi connectivity index (χ3v) is 4.15. The first-order valence-electron chi connectivity index (χ1n) is 6.12. The zero-order valence-corrected chi connectivity index (χ0v) is 11.6. The maximum absolute atomic E-state index is 12.5. The van der Waals surface area contributed by atoms with Crippen LogP contribution in [0.3, 0.4) is 0 Å². The van der Waals surface area contributed by atoms with Crippen LogP contribution < -0.4 is 0 Å². The molecule has 9 heteroatoms. The van der Waals surface area contributed by atoms with Crippen LogP contribution in [0, 0.1) is 0 Å². The van der Waals surface area contributed by atoms with Crippen LogP contribution in [0.25, 0.3) is 11.4 Å². The molecule has 1 atom stereocenters. The van der Waals surface area contributed by atoms with Gasteiger partial charge in [-0.3, -0.25) is 4.79 Å². The molecule has 2 aromatic rings. The van der Waals surface area contributed by atoms with Crippen molar-refractivity contribution in [1.82, 2.24) is 25.5 Å². The fraction of sp³-hybridized carbons (Fsp3) is 0.250. The van der Waals surface area contributed by atoms with E-state index in [1.54, 1.807) is 24.3 Å². The maximum Gasteiger partial charge on any atom is 0.327 e. The number of carboxylic acids is 1. The molecule has 0 spiro atoms. The van der Waals surface area contributed by atoms with Crippen LogP contribution in [0.15, 0.2) is 24.3 Å². The minimum absolute atomic E-state index is 0.308. The molecular weight excluding hydrogens is 294 g/mol. The Morgan fingerprint density at radius 3 is 3.00 bits per heavy atom. The van der Waals surface area contributed by atoms with Gasteiger partial charge < -0.3 is 10.0 Å². The molecular formula is C12H11N5O3S. The normalized spacial score (nSPS) is 17.9. The van der Waals surface area contributed by atoms with Crippen LogP contribution in [-0.2, 0) is 4.79 Å². The molecule has 1 unspecified atom stereocenters. The Labute approximate surface area is 123 Å². The minimum Gasteiger partial charge on any atom is -0.480 e. The number of nitrogens with one attached hydrogen (secondary N) is 1. The summed E-state index contributed by atoms with van der Waals surface area (Å²) in [5.74, 6) is -0.121. The number of H-pyrrole nitrogens is 1. The second kappa shape index (κ2) is 5.52. The Bertz CT molecular complexity index is 675. The number of hydrogen-bond donors (Lipinski definition) is 2. The SMILES string of the molecule is O=C(O)C1CSCN1C(=O)c1cccc(-c2nn[nH]n2)c1. The molecule has 0 aliphatic carbocycles. The summed E-state index contributed by atoms with van der Waals surface area (Å²) in [6.07, 6.45) is 0. The van der Waals surface area contributed by atoms with E-state index in [4.69, 9.17) is 5.11 Å². The van der Waals surface area contributed by atoms with Gasteiger partial charge in [0.2, 0.25) is 5.82 Å². The van der Waals surface area contributed by atoms with Gasteiger partial charge in [-0.1, -0.05) is 12.1 Å². The van der Waals surface area contributed by atoms with Crippen molar-refractivity contribution in [3.63, 3.8) is 0 Å². The van der Waals surface area contributed by atoms with Gasteiger partial charge in [-0.05, 0) is 17.3 Å². The predicted octanol–water partition coefficient (Wildman–Crippen LogP) is 0.466. The summed E-state index contributed by atoms with van der Waals surface area (Å²) in [7, 11) is 0. The van der Waals surface area contributed by atoms with Crippen molar-refractivity contribution in [3.05, 3.63) is 29.8 Å². The molecule has 3 rings (SSSR count). The molecule has 8 nitrogen and oxygen atoms in total. The minimum atomic E-state index is -0.984. The first-order chi connectivity index (χ1) is 10.2. The van der Waals surface area contributed by atoms with Crippen molar-refractivity contribution < 1.29 is 14.7 Å². The van der Waals surface area contributed by atoms with Gasteiger partial charge in [-0.25, -0.2) is 4.79 Å². The van der Waals surface area contributed by atoms with E-state index in [-0.39, 0.29) is 5.91 Å². The third kappa shape index (κ3) is 2.59. The zero-order chi connectivity index (χ0) is 14.8. The van der Waals surface area contributed by atoms with Crippen LogP contribution in [-0.4, -0.2) is 60.2 Å². The van der Waals surface area contributed by atoms with Gasteiger partial charge in [0.25, 0.3) is 5.91 Å². The Kier molecular flexibility index (Phi) is 3.57. The highest BCUT2D eigenvalue weighted by Gasteiger charge is 2.35. The smallest absolute Gasteiger partial charge is 0.327 e. The first-order valence-corrected chi connectivity index (χ1v) is 7.27. The van der Waals surface area contributed by atoms with Gasteiger partial charge in [-0.2, -0.15) is 5.21 Å². The number of aromatic amines is 1. The number of aromatic nitrogens is 4. The first kappa shape index (κ1) is 13.6. The van der Waals surface area contributed by atoms with E-state index in [1.807, 2.05) is 0 Å². The molecule has 1 saturated heterocycles. The Morgan fingerprint density at radius 2 is 2.29 bits per heavy atom. The Hall–Kier alpha value is -2.42. The van der Waals surface area contributed by atoms with Crippen LogP contribution in [0.4, 0.5) is 0 Å². The molecule has 1 fully saturated rings. The van der Waals surface area contributed by atoms with Gasteiger partial charge in [0.1, 0.15) is 6.04 Å². The fourth-order valence-corrected chi connectivity index (χ4v) is 3.23. The zero-order valence-electron chi connectivity index (χ0n) is 10.8. The predicted molar refractivity (Wildman–Crippen MR) is 74.5 cm³/mol. The lowest BCUT2D eigenvalue weighted by atomic mass is 10.1. The maximum atomic E-state index is 12.5. The van der Waals surface area contributed by atoms with E-state index in [0.717, 1.165) is 0 Å². The average molecular weight is 305 g/mol. The number of nitrogens with zero attached hydrogens (tertiary/aromatic N) is 4. The molecule has 1 aliphatic rings. The van der Waals surface area contributed by atoms with E-state index in [2.05, 4.69) is 20.6 Å². The lowest BCUT2D eigenvalue weighted by molar-refractivity contribution is -0.140. The molecule has 0 bridgehead atoms. The lowest BCUT2D eigenvalue weighted by Crippen LogP contribution is -2.41. The molecule has 0 radical (unpaired) electrons. The summed E-state index contributed by atoms with van der Waals surface area (Å²) in [5, 5.41) is 22.7.